The second kappa shape index (κ2) is 7.92. The average Bonchev–Trinajstić information content (AvgIpc) is 2.72. The van der Waals surface area contributed by atoms with Crippen LogP contribution in [0, 0.1) is 13.8 Å². The molecule has 0 radical (unpaired) electrons. The highest BCUT2D eigenvalue weighted by Gasteiger charge is 2.42. The van der Waals surface area contributed by atoms with Gasteiger partial charge in [0.25, 0.3) is 5.91 Å². The highest BCUT2D eigenvalue weighted by molar-refractivity contribution is 5.98. The van der Waals surface area contributed by atoms with E-state index < -0.39 is 11.5 Å². The fraction of sp³-hybridized carbons (Fsp3) is 0.200. The van der Waals surface area contributed by atoms with E-state index in [0.717, 1.165) is 22.3 Å². The van der Waals surface area contributed by atoms with Crippen LogP contribution < -0.4 is 0 Å². The van der Waals surface area contributed by atoms with Crippen molar-refractivity contribution in [3.63, 3.8) is 0 Å². The lowest BCUT2D eigenvalue weighted by atomic mass is 9.88. The molecule has 1 atom stereocenters. The highest BCUT2D eigenvalue weighted by Crippen LogP contribution is 2.31. The van der Waals surface area contributed by atoms with Crippen LogP contribution in [0.15, 0.2) is 72.8 Å². The van der Waals surface area contributed by atoms with E-state index in [9.17, 15) is 14.7 Å². The van der Waals surface area contributed by atoms with Crippen molar-refractivity contribution in [3.05, 3.63) is 95.1 Å². The third-order valence-corrected chi connectivity index (χ3v) is 5.41. The smallest absolute Gasteiger partial charge is 0.334 e. The summed E-state index contributed by atoms with van der Waals surface area (Å²) in [6.45, 7) is 5.40. The molecule has 3 aromatic carbocycles. The molecule has 0 bridgehead atoms. The number of carbonyl (C=O) groups excluding carboxylic acids is 1. The SMILES string of the molecule is Cc1cc(C)cc(C(=O)N(C)[C@@](C)(C(=O)O)c2ccc(-c3ccccc3)cc2)c1. The van der Waals surface area contributed by atoms with Crippen molar-refractivity contribution < 1.29 is 14.7 Å². The first-order valence-corrected chi connectivity index (χ1v) is 9.49. The molecule has 0 unspecified atom stereocenters. The van der Waals surface area contributed by atoms with E-state index in [0.29, 0.717) is 11.1 Å². The molecule has 0 saturated heterocycles. The van der Waals surface area contributed by atoms with Crippen LogP contribution in [0.3, 0.4) is 0 Å². The maximum atomic E-state index is 13.1. The summed E-state index contributed by atoms with van der Waals surface area (Å²) < 4.78 is 0. The third kappa shape index (κ3) is 3.92. The van der Waals surface area contributed by atoms with Crippen LogP contribution in [0.2, 0.25) is 0 Å². The molecule has 4 heteroatoms. The molecule has 0 aliphatic rings. The van der Waals surface area contributed by atoms with E-state index in [-0.39, 0.29) is 5.91 Å². The lowest BCUT2D eigenvalue weighted by molar-refractivity contribution is -0.148. The van der Waals surface area contributed by atoms with Gasteiger partial charge in [-0.2, -0.15) is 0 Å². The van der Waals surface area contributed by atoms with Gasteiger partial charge in [0.1, 0.15) is 0 Å². The third-order valence-electron chi connectivity index (χ3n) is 5.41. The number of aryl methyl sites for hydroxylation is 2. The Morgan fingerprint density at radius 2 is 1.34 bits per heavy atom. The number of rotatable bonds is 5. The minimum atomic E-state index is -1.50. The van der Waals surface area contributed by atoms with Crippen LogP contribution >= 0.6 is 0 Å². The molecule has 0 aromatic heterocycles. The molecule has 3 aromatic rings. The normalized spacial score (nSPS) is 12.8. The van der Waals surface area contributed by atoms with Gasteiger partial charge in [0.15, 0.2) is 5.54 Å². The fourth-order valence-corrected chi connectivity index (χ4v) is 3.57. The van der Waals surface area contributed by atoms with Crippen molar-refractivity contribution in [2.45, 2.75) is 26.3 Å². The number of hydrogen-bond donors (Lipinski definition) is 1. The molecule has 0 spiro atoms. The van der Waals surface area contributed by atoms with Gasteiger partial charge in [0.05, 0.1) is 0 Å². The molecule has 3 rings (SSSR count). The predicted molar refractivity (Wildman–Crippen MR) is 115 cm³/mol. The molecule has 1 N–H and O–H groups in total. The summed E-state index contributed by atoms with van der Waals surface area (Å²) >= 11 is 0. The van der Waals surface area contributed by atoms with Crippen LogP contribution in [-0.2, 0) is 10.3 Å². The van der Waals surface area contributed by atoms with Gasteiger partial charge in [0.2, 0.25) is 0 Å². The summed E-state index contributed by atoms with van der Waals surface area (Å²) in [5.41, 5.74) is 3.51. The van der Waals surface area contributed by atoms with Crippen molar-refractivity contribution in [2.75, 3.05) is 7.05 Å². The van der Waals surface area contributed by atoms with E-state index in [1.807, 2.05) is 62.4 Å². The van der Waals surface area contributed by atoms with E-state index in [2.05, 4.69) is 0 Å². The Balaban J connectivity index is 1.98. The predicted octanol–water partition coefficient (Wildman–Crippen LogP) is 5.04. The largest absolute Gasteiger partial charge is 0.479 e. The topological polar surface area (TPSA) is 57.6 Å². The van der Waals surface area contributed by atoms with Gasteiger partial charge in [-0.1, -0.05) is 71.8 Å². The Hall–Kier alpha value is -3.40. The zero-order valence-electron chi connectivity index (χ0n) is 17.1. The average molecular weight is 387 g/mol. The van der Waals surface area contributed by atoms with Gasteiger partial charge >= 0.3 is 5.97 Å². The number of likely N-dealkylation sites (N-methyl/N-ethyl adjacent to an activating group) is 1. The molecular formula is C25H25NO3. The highest BCUT2D eigenvalue weighted by atomic mass is 16.4. The molecular weight excluding hydrogens is 362 g/mol. The molecule has 148 valence electrons. The molecule has 0 aliphatic heterocycles. The second-order valence-corrected chi connectivity index (χ2v) is 7.56. The van der Waals surface area contributed by atoms with Gasteiger partial charge in [-0.15, -0.1) is 0 Å². The molecule has 0 heterocycles. The van der Waals surface area contributed by atoms with Gasteiger partial charge in [-0.3, -0.25) is 4.79 Å². The van der Waals surface area contributed by atoms with Crippen molar-refractivity contribution in [1.82, 2.24) is 4.90 Å². The first-order valence-electron chi connectivity index (χ1n) is 9.49. The zero-order chi connectivity index (χ0) is 21.2. The lowest BCUT2D eigenvalue weighted by Gasteiger charge is -2.36. The van der Waals surface area contributed by atoms with Gasteiger partial charge in [0, 0.05) is 12.6 Å². The lowest BCUT2D eigenvalue weighted by Crippen LogP contribution is -2.50. The zero-order valence-corrected chi connectivity index (χ0v) is 17.1. The number of hydrogen-bond acceptors (Lipinski definition) is 2. The summed E-state index contributed by atoms with van der Waals surface area (Å²) in [7, 11) is 1.54. The van der Waals surface area contributed by atoms with Crippen LogP contribution in [0.25, 0.3) is 11.1 Å². The van der Waals surface area contributed by atoms with E-state index >= 15 is 0 Å². The van der Waals surface area contributed by atoms with E-state index in [1.54, 1.807) is 38.2 Å². The first-order chi connectivity index (χ1) is 13.7. The number of carbonyl (C=O) groups is 2. The Kier molecular flexibility index (Phi) is 5.55. The minimum Gasteiger partial charge on any atom is -0.479 e. The summed E-state index contributed by atoms with van der Waals surface area (Å²) in [5.74, 6) is -1.40. The van der Waals surface area contributed by atoms with Gasteiger partial charge < -0.3 is 10.0 Å². The Labute approximate surface area is 171 Å². The Bertz CT molecular complexity index is 1020. The van der Waals surface area contributed by atoms with Crippen LogP contribution in [0.4, 0.5) is 0 Å². The number of nitrogens with zero attached hydrogens (tertiary/aromatic N) is 1. The standard InChI is InChI=1S/C25H25NO3/c1-17-14-18(2)16-21(15-17)23(27)26(4)25(3,24(28)29)22-12-10-20(11-13-22)19-8-6-5-7-9-19/h5-16H,1-4H3,(H,28,29)/t25-/m1/s1. The molecule has 0 fully saturated rings. The summed E-state index contributed by atoms with van der Waals surface area (Å²) in [6, 6.07) is 22.8. The number of benzene rings is 3. The van der Waals surface area contributed by atoms with E-state index in [4.69, 9.17) is 0 Å². The summed E-state index contributed by atoms with van der Waals surface area (Å²) in [6.07, 6.45) is 0. The monoisotopic (exact) mass is 387 g/mol. The molecule has 0 saturated carbocycles. The minimum absolute atomic E-state index is 0.325. The summed E-state index contributed by atoms with van der Waals surface area (Å²) in [5, 5.41) is 10.1. The summed E-state index contributed by atoms with van der Waals surface area (Å²) in [4.78, 5) is 26.7. The fourth-order valence-electron chi connectivity index (χ4n) is 3.57. The van der Waals surface area contributed by atoms with Crippen molar-refractivity contribution >= 4 is 11.9 Å². The Morgan fingerprint density at radius 1 is 0.828 bits per heavy atom. The van der Waals surface area contributed by atoms with Crippen LogP contribution in [0.5, 0.6) is 0 Å². The maximum absolute atomic E-state index is 13.1. The molecule has 4 nitrogen and oxygen atoms in total. The second-order valence-electron chi connectivity index (χ2n) is 7.56. The van der Waals surface area contributed by atoms with Crippen LogP contribution in [-0.4, -0.2) is 28.9 Å². The van der Waals surface area contributed by atoms with Gasteiger partial charge in [-0.25, -0.2) is 4.79 Å². The Morgan fingerprint density at radius 3 is 1.86 bits per heavy atom. The number of aliphatic carboxylic acids is 1. The quantitative estimate of drug-likeness (QED) is 0.667. The number of carboxylic acids is 1. The number of carboxylic acid groups (broad SMARTS) is 1. The molecule has 0 aliphatic carbocycles. The van der Waals surface area contributed by atoms with Crippen molar-refractivity contribution in [1.29, 1.82) is 0 Å². The van der Waals surface area contributed by atoms with Crippen LogP contribution in [0.1, 0.15) is 34.0 Å². The first kappa shape index (κ1) is 20.3. The number of amides is 1. The molecule has 1 amide bonds. The molecule has 29 heavy (non-hydrogen) atoms. The van der Waals surface area contributed by atoms with Crippen molar-refractivity contribution in [2.24, 2.45) is 0 Å². The maximum Gasteiger partial charge on any atom is 0.334 e. The van der Waals surface area contributed by atoms with E-state index in [1.165, 1.54) is 4.90 Å². The van der Waals surface area contributed by atoms with Crippen molar-refractivity contribution in [3.8, 4) is 11.1 Å². The van der Waals surface area contributed by atoms with Gasteiger partial charge in [-0.05, 0) is 49.6 Å².